The summed E-state index contributed by atoms with van der Waals surface area (Å²) in [6.45, 7) is 4.60. The second-order valence-electron chi connectivity index (χ2n) is 5.42. The molecule has 96 valence electrons. The van der Waals surface area contributed by atoms with Gasteiger partial charge in [0.2, 0.25) is 0 Å². The van der Waals surface area contributed by atoms with E-state index < -0.39 is 0 Å². The molecule has 1 aromatic heterocycles. The van der Waals surface area contributed by atoms with Crippen LogP contribution in [0.1, 0.15) is 44.2 Å². The minimum atomic E-state index is 0.368. The molecule has 1 aliphatic rings. The van der Waals surface area contributed by atoms with Crippen molar-refractivity contribution < 1.29 is 0 Å². The van der Waals surface area contributed by atoms with Gasteiger partial charge >= 0.3 is 0 Å². The Morgan fingerprint density at radius 2 is 2.17 bits per heavy atom. The zero-order chi connectivity index (χ0) is 12.5. The lowest BCUT2D eigenvalue weighted by molar-refractivity contribution is 0.388. The average molecular weight is 260 g/mol. The quantitative estimate of drug-likeness (QED) is 0.897. The molecule has 18 heavy (non-hydrogen) atoms. The van der Waals surface area contributed by atoms with Gasteiger partial charge in [-0.25, -0.2) is 4.98 Å². The number of nitrogens with zero attached hydrogens (tertiary/aromatic N) is 1. The molecule has 0 saturated heterocycles. The number of para-hydroxylation sites is 1. The highest BCUT2D eigenvalue weighted by molar-refractivity contribution is 7.18. The number of hydrogen-bond donors (Lipinski definition) is 1. The largest absolute Gasteiger partial charge is 0.305 e. The third-order valence-corrected chi connectivity index (χ3v) is 5.23. The Hall–Kier alpha value is -0.930. The summed E-state index contributed by atoms with van der Waals surface area (Å²) in [6, 6.07) is 9.44. The molecule has 1 heterocycles. The summed E-state index contributed by atoms with van der Waals surface area (Å²) in [6.07, 6.45) is 4.05. The Labute approximate surface area is 112 Å². The summed E-state index contributed by atoms with van der Waals surface area (Å²) in [7, 11) is 0. The molecule has 0 amide bonds. The van der Waals surface area contributed by atoms with Gasteiger partial charge in [0.1, 0.15) is 5.01 Å². The van der Waals surface area contributed by atoms with Crippen LogP contribution < -0.4 is 5.32 Å². The van der Waals surface area contributed by atoms with Gasteiger partial charge in [0.15, 0.2) is 0 Å². The Kier molecular flexibility index (Phi) is 3.35. The van der Waals surface area contributed by atoms with E-state index in [-0.39, 0.29) is 0 Å². The standard InChI is InChI=1S/C15H20N2S/c1-10-6-5-8-12(10)16-11(2)15-17-13-7-3-4-9-14(13)18-15/h3-4,7,9-12,16H,5-6,8H2,1-2H3. The molecular formula is C15H20N2S. The lowest BCUT2D eigenvalue weighted by Gasteiger charge is -2.21. The average Bonchev–Trinajstić information content (AvgIpc) is 2.96. The van der Waals surface area contributed by atoms with E-state index in [2.05, 4.69) is 43.4 Å². The predicted molar refractivity (Wildman–Crippen MR) is 78.0 cm³/mol. The predicted octanol–water partition coefficient (Wildman–Crippen LogP) is 4.14. The molecule has 0 spiro atoms. The van der Waals surface area contributed by atoms with Crippen LogP contribution in [-0.2, 0) is 0 Å². The van der Waals surface area contributed by atoms with Crippen molar-refractivity contribution >= 4 is 21.6 Å². The second-order valence-corrected chi connectivity index (χ2v) is 6.49. The molecule has 0 bridgehead atoms. The van der Waals surface area contributed by atoms with Crippen molar-refractivity contribution in [1.29, 1.82) is 0 Å². The van der Waals surface area contributed by atoms with Crippen LogP contribution in [-0.4, -0.2) is 11.0 Å². The maximum absolute atomic E-state index is 4.74. The van der Waals surface area contributed by atoms with Gasteiger partial charge in [0.25, 0.3) is 0 Å². The SMILES string of the molecule is CC(NC1CCCC1C)c1nc2ccccc2s1. The number of hydrogen-bond acceptors (Lipinski definition) is 3. The van der Waals surface area contributed by atoms with E-state index in [1.807, 2.05) is 11.3 Å². The van der Waals surface area contributed by atoms with Crippen LogP contribution in [0.3, 0.4) is 0 Å². The van der Waals surface area contributed by atoms with E-state index >= 15 is 0 Å². The fourth-order valence-electron chi connectivity index (χ4n) is 2.86. The molecule has 1 saturated carbocycles. The summed E-state index contributed by atoms with van der Waals surface area (Å²) in [5.74, 6) is 0.807. The number of nitrogens with one attached hydrogen (secondary N) is 1. The van der Waals surface area contributed by atoms with Crippen molar-refractivity contribution in [3.05, 3.63) is 29.3 Å². The summed E-state index contributed by atoms with van der Waals surface area (Å²) in [5, 5.41) is 4.97. The van der Waals surface area contributed by atoms with Crippen molar-refractivity contribution in [2.24, 2.45) is 5.92 Å². The highest BCUT2D eigenvalue weighted by Crippen LogP contribution is 2.30. The maximum atomic E-state index is 4.74. The minimum absolute atomic E-state index is 0.368. The number of aromatic nitrogens is 1. The van der Waals surface area contributed by atoms with E-state index in [1.54, 1.807) is 0 Å². The fraction of sp³-hybridized carbons (Fsp3) is 0.533. The highest BCUT2D eigenvalue weighted by atomic mass is 32.1. The monoisotopic (exact) mass is 260 g/mol. The Morgan fingerprint density at radius 3 is 2.89 bits per heavy atom. The molecule has 3 unspecified atom stereocenters. The number of rotatable bonds is 3. The molecule has 0 aliphatic heterocycles. The van der Waals surface area contributed by atoms with Gasteiger partial charge in [0, 0.05) is 6.04 Å². The minimum Gasteiger partial charge on any atom is -0.305 e. The van der Waals surface area contributed by atoms with Gasteiger partial charge in [-0.05, 0) is 37.8 Å². The Morgan fingerprint density at radius 1 is 1.33 bits per heavy atom. The van der Waals surface area contributed by atoms with Gasteiger partial charge in [-0.15, -0.1) is 11.3 Å². The van der Waals surface area contributed by atoms with E-state index in [4.69, 9.17) is 4.98 Å². The summed E-state index contributed by atoms with van der Waals surface area (Å²) >= 11 is 1.82. The third kappa shape index (κ3) is 2.29. The summed E-state index contributed by atoms with van der Waals surface area (Å²) in [4.78, 5) is 4.74. The van der Waals surface area contributed by atoms with Crippen LogP contribution in [0.5, 0.6) is 0 Å². The van der Waals surface area contributed by atoms with Crippen molar-refractivity contribution in [2.75, 3.05) is 0 Å². The Bertz CT molecular complexity index is 501. The highest BCUT2D eigenvalue weighted by Gasteiger charge is 2.25. The smallest absolute Gasteiger partial charge is 0.111 e. The van der Waals surface area contributed by atoms with Crippen LogP contribution >= 0.6 is 11.3 Å². The van der Waals surface area contributed by atoms with Crippen LogP contribution in [0.25, 0.3) is 10.2 Å². The first-order chi connectivity index (χ1) is 8.74. The number of benzene rings is 1. The molecule has 3 heteroatoms. The van der Waals surface area contributed by atoms with Gasteiger partial charge in [-0.3, -0.25) is 0 Å². The van der Waals surface area contributed by atoms with Gasteiger partial charge in [0.05, 0.1) is 16.3 Å². The lowest BCUT2D eigenvalue weighted by Crippen LogP contribution is -2.33. The van der Waals surface area contributed by atoms with Crippen molar-refractivity contribution in [1.82, 2.24) is 10.3 Å². The van der Waals surface area contributed by atoms with E-state index in [1.165, 1.54) is 29.0 Å². The first-order valence-corrected chi connectivity index (χ1v) is 7.67. The zero-order valence-electron chi connectivity index (χ0n) is 11.0. The van der Waals surface area contributed by atoms with Crippen molar-refractivity contribution in [3.8, 4) is 0 Å². The van der Waals surface area contributed by atoms with Gasteiger partial charge < -0.3 is 5.32 Å². The van der Waals surface area contributed by atoms with E-state index in [0.717, 1.165) is 11.4 Å². The van der Waals surface area contributed by atoms with Crippen molar-refractivity contribution in [3.63, 3.8) is 0 Å². The molecule has 1 fully saturated rings. The molecule has 1 aliphatic carbocycles. The molecular weight excluding hydrogens is 240 g/mol. The van der Waals surface area contributed by atoms with E-state index in [0.29, 0.717) is 12.1 Å². The fourth-order valence-corrected chi connectivity index (χ4v) is 3.84. The third-order valence-electron chi connectivity index (χ3n) is 4.01. The van der Waals surface area contributed by atoms with E-state index in [9.17, 15) is 0 Å². The molecule has 1 aromatic carbocycles. The zero-order valence-corrected chi connectivity index (χ0v) is 11.8. The van der Waals surface area contributed by atoms with Crippen LogP contribution in [0, 0.1) is 5.92 Å². The van der Waals surface area contributed by atoms with Crippen LogP contribution in [0.4, 0.5) is 0 Å². The molecule has 1 N–H and O–H groups in total. The van der Waals surface area contributed by atoms with Crippen LogP contribution in [0.15, 0.2) is 24.3 Å². The number of fused-ring (bicyclic) bond motifs is 1. The maximum Gasteiger partial charge on any atom is 0.111 e. The second kappa shape index (κ2) is 4.98. The first-order valence-electron chi connectivity index (χ1n) is 6.85. The normalized spacial score (nSPS) is 25.7. The molecule has 2 nitrogen and oxygen atoms in total. The summed E-state index contributed by atoms with van der Waals surface area (Å²) in [5.41, 5.74) is 1.13. The Balaban J connectivity index is 1.77. The number of thiazole rings is 1. The topological polar surface area (TPSA) is 24.9 Å². The summed E-state index contributed by atoms with van der Waals surface area (Å²) < 4.78 is 1.29. The molecule has 3 rings (SSSR count). The molecule has 3 atom stereocenters. The lowest BCUT2D eigenvalue weighted by atomic mass is 10.1. The first kappa shape index (κ1) is 12.1. The molecule has 2 aromatic rings. The van der Waals surface area contributed by atoms with Crippen molar-refractivity contribution in [2.45, 2.75) is 45.2 Å². The molecule has 0 radical (unpaired) electrons. The van der Waals surface area contributed by atoms with Gasteiger partial charge in [-0.2, -0.15) is 0 Å². The van der Waals surface area contributed by atoms with Crippen LogP contribution in [0.2, 0.25) is 0 Å². The van der Waals surface area contributed by atoms with Gasteiger partial charge in [-0.1, -0.05) is 25.5 Å².